The Bertz CT molecular complexity index is 436. The molecule has 0 unspecified atom stereocenters. The molecule has 0 amide bonds. The van der Waals surface area contributed by atoms with Crippen molar-refractivity contribution in [2.75, 3.05) is 0 Å². The summed E-state index contributed by atoms with van der Waals surface area (Å²) < 4.78 is 0. The molecule has 16 heavy (non-hydrogen) atoms. The van der Waals surface area contributed by atoms with Gasteiger partial charge in [0, 0.05) is 5.41 Å². The highest BCUT2D eigenvalue weighted by Gasteiger charge is 2.59. The van der Waals surface area contributed by atoms with Crippen molar-refractivity contribution in [2.45, 2.75) is 38.0 Å². The average molecular weight is 214 g/mol. The normalized spacial score (nSPS) is 35.5. The summed E-state index contributed by atoms with van der Waals surface area (Å²) in [6.07, 6.45) is 7.03. The number of aliphatic hydroxyl groups is 1. The fourth-order valence-corrected chi connectivity index (χ4v) is 2.69. The zero-order chi connectivity index (χ0) is 11.8. The van der Waals surface area contributed by atoms with E-state index >= 15 is 0 Å². The van der Waals surface area contributed by atoms with Gasteiger partial charge in [-0.3, -0.25) is 0 Å². The molecular weight excluding hydrogens is 200 g/mol. The highest BCUT2D eigenvalue weighted by Crippen LogP contribution is 2.51. The van der Waals surface area contributed by atoms with Crippen molar-refractivity contribution in [3.05, 3.63) is 46.6 Å². The minimum atomic E-state index is -1.11. The molecular formula is C13H14N2O. The molecule has 2 atom stereocenters. The number of fused-ring (bicyclic) bond motifs is 1. The summed E-state index contributed by atoms with van der Waals surface area (Å²) in [4.78, 5) is 7.09. The second-order valence-electron chi connectivity index (χ2n) is 4.71. The van der Waals surface area contributed by atoms with Gasteiger partial charge in [0.05, 0.1) is 6.10 Å². The van der Waals surface area contributed by atoms with Gasteiger partial charge in [-0.05, 0) is 12.8 Å². The summed E-state index contributed by atoms with van der Waals surface area (Å²) in [5, 5.41) is 10.0. The van der Waals surface area contributed by atoms with Crippen molar-refractivity contribution in [3.8, 4) is 0 Å². The molecule has 2 aliphatic carbocycles. The molecule has 0 bridgehead atoms. The molecule has 0 aliphatic heterocycles. The van der Waals surface area contributed by atoms with Gasteiger partial charge in [0.25, 0.3) is 0 Å². The van der Waals surface area contributed by atoms with Gasteiger partial charge in [-0.2, -0.15) is 0 Å². The van der Waals surface area contributed by atoms with Crippen LogP contribution in [0.1, 0.15) is 26.2 Å². The Hall–Kier alpha value is -1.58. The first-order valence-electron chi connectivity index (χ1n) is 5.40. The standard InChI is InChI=1S/C13H14N2O/c1-12-8-4-5-9-13(14-2,15-3)10(12)6-7-11(12)16/h4-6,11,16H,7-9H2,1H3/t11-,12-/m0/s1. The van der Waals surface area contributed by atoms with Crippen molar-refractivity contribution < 1.29 is 5.11 Å². The van der Waals surface area contributed by atoms with Crippen LogP contribution in [0.5, 0.6) is 0 Å². The maximum Gasteiger partial charge on any atom is 0.510 e. The second-order valence-corrected chi connectivity index (χ2v) is 4.71. The minimum Gasteiger partial charge on any atom is -0.392 e. The maximum absolute atomic E-state index is 10.0. The van der Waals surface area contributed by atoms with Crippen LogP contribution >= 0.6 is 0 Å². The van der Waals surface area contributed by atoms with Gasteiger partial charge in [0.2, 0.25) is 0 Å². The number of aliphatic hydroxyl groups excluding tert-OH is 1. The first-order valence-corrected chi connectivity index (χ1v) is 5.40. The Balaban J connectivity index is 2.57. The van der Waals surface area contributed by atoms with E-state index in [-0.39, 0.29) is 0 Å². The number of rotatable bonds is 0. The Morgan fingerprint density at radius 1 is 1.31 bits per heavy atom. The van der Waals surface area contributed by atoms with Crippen LogP contribution in [0.4, 0.5) is 0 Å². The largest absolute Gasteiger partial charge is 0.510 e. The summed E-state index contributed by atoms with van der Waals surface area (Å²) in [5.41, 5.74) is -0.719. The van der Waals surface area contributed by atoms with Gasteiger partial charge in [0.15, 0.2) is 0 Å². The first-order chi connectivity index (χ1) is 7.59. The predicted molar refractivity (Wildman–Crippen MR) is 61.1 cm³/mol. The number of hydrogen-bond donors (Lipinski definition) is 1. The maximum atomic E-state index is 10.0. The Kier molecular flexibility index (Phi) is 2.37. The zero-order valence-electron chi connectivity index (χ0n) is 9.27. The van der Waals surface area contributed by atoms with Crippen molar-refractivity contribution in [1.82, 2.24) is 0 Å². The fraction of sp³-hybridized carbons (Fsp3) is 0.538. The third-order valence-corrected chi connectivity index (χ3v) is 3.81. The van der Waals surface area contributed by atoms with Gasteiger partial charge >= 0.3 is 5.66 Å². The summed E-state index contributed by atoms with van der Waals surface area (Å²) >= 11 is 0. The molecule has 3 nitrogen and oxygen atoms in total. The van der Waals surface area contributed by atoms with E-state index in [0.29, 0.717) is 19.3 Å². The second kappa shape index (κ2) is 3.47. The molecule has 3 heteroatoms. The molecule has 0 aromatic rings. The van der Waals surface area contributed by atoms with Crippen molar-refractivity contribution in [2.24, 2.45) is 5.41 Å². The van der Waals surface area contributed by atoms with Crippen LogP contribution < -0.4 is 0 Å². The number of nitrogens with zero attached hydrogens (tertiary/aromatic N) is 2. The zero-order valence-corrected chi connectivity index (χ0v) is 9.27. The van der Waals surface area contributed by atoms with E-state index in [4.69, 9.17) is 13.1 Å². The molecule has 0 fully saturated rings. The van der Waals surface area contributed by atoms with E-state index in [0.717, 1.165) is 5.57 Å². The number of allylic oxidation sites excluding steroid dienone is 1. The molecule has 2 aliphatic rings. The molecule has 0 saturated carbocycles. The monoisotopic (exact) mass is 214 g/mol. The first kappa shape index (κ1) is 10.9. The SMILES string of the molecule is [C-]#[N+]C1([N+]#[C-])CC=CC[C@@]2(C)C1=CC[C@@H]2O. The van der Waals surface area contributed by atoms with E-state index in [9.17, 15) is 5.11 Å². The quantitative estimate of drug-likeness (QED) is 0.487. The molecule has 1 N–H and O–H groups in total. The predicted octanol–water partition coefficient (Wildman–Crippen LogP) is 2.57. The highest BCUT2D eigenvalue weighted by atomic mass is 16.3. The van der Waals surface area contributed by atoms with E-state index in [2.05, 4.69) is 9.69 Å². The van der Waals surface area contributed by atoms with Crippen LogP contribution in [0.25, 0.3) is 9.69 Å². The number of hydrogen-bond acceptors (Lipinski definition) is 1. The van der Waals surface area contributed by atoms with Crippen LogP contribution in [-0.2, 0) is 0 Å². The van der Waals surface area contributed by atoms with Gasteiger partial charge in [-0.25, -0.2) is 22.8 Å². The molecule has 2 rings (SSSR count). The highest BCUT2D eigenvalue weighted by molar-refractivity contribution is 5.42. The Morgan fingerprint density at radius 2 is 1.94 bits per heavy atom. The van der Waals surface area contributed by atoms with Crippen molar-refractivity contribution in [1.29, 1.82) is 0 Å². The van der Waals surface area contributed by atoms with E-state index in [1.54, 1.807) is 0 Å². The Labute approximate surface area is 95.7 Å². The summed E-state index contributed by atoms with van der Waals surface area (Å²) in [7, 11) is 0. The lowest BCUT2D eigenvalue weighted by molar-refractivity contribution is 0.0773. The van der Waals surface area contributed by atoms with Gasteiger partial charge in [0.1, 0.15) is 12.0 Å². The molecule has 0 saturated heterocycles. The van der Waals surface area contributed by atoms with Crippen molar-refractivity contribution in [3.63, 3.8) is 0 Å². The summed E-state index contributed by atoms with van der Waals surface area (Å²) in [6.45, 7) is 16.6. The molecule has 0 radical (unpaired) electrons. The van der Waals surface area contributed by atoms with E-state index < -0.39 is 17.2 Å². The van der Waals surface area contributed by atoms with Crippen LogP contribution in [0, 0.1) is 18.6 Å². The Morgan fingerprint density at radius 3 is 2.56 bits per heavy atom. The lowest BCUT2D eigenvalue weighted by Gasteiger charge is -2.29. The van der Waals surface area contributed by atoms with Crippen LogP contribution in [-0.4, -0.2) is 16.9 Å². The van der Waals surface area contributed by atoms with Gasteiger partial charge in [-0.15, -0.1) is 0 Å². The van der Waals surface area contributed by atoms with E-state index in [1.807, 2.05) is 25.2 Å². The summed E-state index contributed by atoms with van der Waals surface area (Å²) in [6, 6.07) is 0. The average Bonchev–Trinajstić information content (AvgIpc) is 2.50. The third-order valence-electron chi connectivity index (χ3n) is 3.81. The van der Waals surface area contributed by atoms with Gasteiger partial charge in [-0.1, -0.05) is 25.2 Å². The lowest BCUT2D eigenvalue weighted by atomic mass is 9.74. The van der Waals surface area contributed by atoms with Gasteiger partial charge < -0.3 is 5.11 Å². The van der Waals surface area contributed by atoms with Crippen LogP contribution in [0.15, 0.2) is 23.8 Å². The van der Waals surface area contributed by atoms with Crippen LogP contribution in [0.3, 0.4) is 0 Å². The smallest absolute Gasteiger partial charge is 0.392 e. The minimum absolute atomic E-state index is 0.428. The fourth-order valence-electron chi connectivity index (χ4n) is 2.69. The topological polar surface area (TPSA) is 29.0 Å². The van der Waals surface area contributed by atoms with Crippen LogP contribution in [0.2, 0.25) is 0 Å². The summed E-state index contributed by atoms with van der Waals surface area (Å²) in [5.74, 6) is 0. The molecule has 0 aromatic heterocycles. The lowest BCUT2D eigenvalue weighted by Crippen LogP contribution is -2.36. The molecule has 0 heterocycles. The van der Waals surface area contributed by atoms with E-state index in [1.165, 1.54) is 0 Å². The molecule has 82 valence electrons. The third kappa shape index (κ3) is 1.22. The van der Waals surface area contributed by atoms with Crippen molar-refractivity contribution >= 4 is 0 Å². The molecule has 0 spiro atoms. The molecule has 0 aromatic carbocycles.